The summed E-state index contributed by atoms with van der Waals surface area (Å²) in [4.78, 5) is 3.65. The van der Waals surface area contributed by atoms with Crippen molar-refractivity contribution >= 4 is 23.0 Å². The van der Waals surface area contributed by atoms with E-state index in [0.717, 1.165) is 43.5 Å². The van der Waals surface area contributed by atoms with Crippen LogP contribution in [0.25, 0.3) is 0 Å². The summed E-state index contributed by atoms with van der Waals surface area (Å²) in [7, 11) is 0. The van der Waals surface area contributed by atoms with E-state index in [0.29, 0.717) is 0 Å². The maximum atomic E-state index is 8.92. The first kappa shape index (κ1) is 13.3. The predicted octanol–water partition coefficient (Wildman–Crippen LogP) is -0.424. The number of anilines is 1. The Hall–Kier alpha value is -1.17. The van der Waals surface area contributed by atoms with Crippen LogP contribution in [0.5, 0.6) is 0 Å². The van der Waals surface area contributed by atoms with E-state index < -0.39 is 0 Å². The quantitative estimate of drug-likeness (QED) is 0.650. The largest absolute Gasteiger partial charge is 0.391 e. The Balaban J connectivity index is 1.81. The second kappa shape index (κ2) is 6.68. The Kier molecular flexibility index (Phi) is 4.92. The first-order valence-electron chi connectivity index (χ1n) is 6.35. The Labute approximate surface area is 113 Å². The van der Waals surface area contributed by atoms with Gasteiger partial charge in [0, 0.05) is 5.69 Å². The zero-order chi connectivity index (χ0) is 12.8. The summed E-state index contributed by atoms with van der Waals surface area (Å²) in [6.07, 6.45) is 0. The van der Waals surface area contributed by atoms with E-state index in [-0.39, 0.29) is 6.61 Å². The van der Waals surface area contributed by atoms with Gasteiger partial charge in [0.15, 0.2) is 5.11 Å². The normalized spacial score (nSPS) is 16.6. The summed E-state index contributed by atoms with van der Waals surface area (Å²) in [6, 6.07) is 10.0. The molecule has 1 fully saturated rings. The van der Waals surface area contributed by atoms with Crippen LogP contribution in [0.3, 0.4) is 0 Å². The van der Waals surface area contributed by atoms with Crippen molar-refractivity contribution < 1.29 is 10.0 Å². The fourth-order valence-corrected chi connectivity index (χ4v) is 2.46. The number of thiocarbonyl (C=S) groups is 1. The molecular weight excluding hydrogens is 246 g/mol. The van der Waals surface area contributed by atoms with E-state index in [4.69, 9.17) is 17.3 Å². The molecule has 4 nitrogen and oxygen atoms in total. The Morgan fingerprint density at radius 2 is 1.94 bits per heavy atom. The van der Waals surface area contributed by atoms with E-state index in [2.05, 4.69) is 10.2 Å². The van der Waals surface area contributed by atoms with Crippen molar-refractivity contribution in [2.45, 2.75) is 0 Å². The SMILES string of the molecule is OCC[NH+]1CCN(C(=S)Nc2ccccc2)CC1. The van der Waals surface area contributed by atoms with Crippen LogP contribution in [0, 0.1) is 0 Å². The molecule has 1 aromatic rings. The second-order valence-electron chi connectivity index (χ2n) is 4.51. The number of quaternary nitrogens is 1. The highest BCUT2D eigenvalue weighted by molar-refractivity contribution is 7.80. The lowest BCUT2D eigenvalue weighted by atomic mass is 10.3. The maximum absolute atomic E-state index is 8.92. The van der Waals surface area contributed by atoms with Gasteiger partial charge in [-0.15, -0.1) is 0 Å². The molecule has 0 saturated carbocycles. The summed E-state index contributed by atoms with van der Waals surface area (Å²) in [5, 5.41) is 13.0. The minimum Gasteiger partial charge on any atom is -0.391 e. The molecule has 0 radical (unpaired) electrons. The lowest BCUT2D eigenvalue weighted by Gasteiger charge is -2.33. The highest BCUT2D eigenvalue weighted by atomic mass is 32.1. The van der Waals surface area contributed by atoms with Crippen LogP contribution in [0.15, 0.2) is 30.3 Å². The Morgan fingerprint density at radius 1 is 1.28 bits per heavy atom. The summed E-state index contributed by atoms with van der Waals surface area (Å²) in [6.45, 7) is 5.09. The monoisotopic (exact) mass is 266 g/mol. The van der Waals surface area contributed by atoms with Crippen LogP contribution < -0.4 is 10.2 Å². The third-order valence-electron chi connectivity index (χ3n) is 3.25. The first-order valence-corrected chi connectivity index (χ1v) is 6.76. The number of aliphatic hydroxyl groups is 1. The number of aliphatic hydroxyl groups excluding tert-OH is 1. The van der Waals surface area contributed by atoms with Crippen molar-refractivity contribution in [3.8, 4) is 0 Å². The minimum atomic E-state index is 0.266. The molecule has 1 saturated heterocycles. The molecule has 3 N–H and O–H groups in total. The predicted molar refractivity (Wildman–Crippen MR) is 76.9 cm³/mol. The van der Waals surface area contributed by atoms with Crippen LogP contribution in [0.2, 0.25) is 0 Å². The smallest absolute Gasteiger partial charge is 0.173 e. The van der Waals surface area contributed by atoms with Crippen molar-refractivity contribution in [1.82, 2.24) is 4.90 Å². The molecule has 0 aliphatic carbocycles. The number of para-hydroxylation sites is 1. The average Bonchev–Trinajstić information content (AvgIpc) is 2.41. The van der Waals surface area contributed by atoms with Crippen LogP contribution in [0.4, 0.5) is 5.69 Å². The molecule has 2 rings (SSSR count). The Bertz CT molecular complexity index is 377. The van der Waals surface area contributed by atoms with Crippen LogP contribution in [0.1, 0.15) is 0 Å². The van der Waals surface area contributed by atoms with E-state index >= 15 is 0 Å². The maximum Gasteiger partial charge on any atom is 0.173 e. The van der Waals surface area contributed by atoms with Gasteiger partial charge in [-0.05, 0) is 24.4 Å². The lowest BCUT2D eigenvalue weighted by Crippen LogP contribution is -3.15. The van der Waals surface area contributed by atoms with Gasteiger partial charge in [0.1, 0.15) is 6.54 Å². The third-order valence-corrected chi connectivity index (χ3v) is 3.61. The zero-order valence-electron chi connectivity index (χ0n) is 10.4. The molecule has 0 spiro atoms. The lowest BCUT2D eigenvalue weighted by molar-refractivity contribution is -0.904. The molecule has 0 unspecified atom stereocenters. The molecule has 1 aromatic carbocycles. The summed E-state index contributed by atoms with van der Waals surface area (Å²) < 4.78 is 0. The number of nitrogens with zero attached hydrogens (tertiary/aromatic N) is 1. The molecule has 18 heavy (non-hydrogen) atoms. The molecular formula is C13H20N3OS+. The summed E-state index contributed by atoms with van der Waals surface area (Å²) in [5.74, 6) is 0. The molecule has 5 heteroatoms. The van der Waals surface area contributed by atoms with Crippen molar-refractivity contribution in [3.63, 3.8) is 0 Å². The van der Waals surface area contributed by atoms with Gasteiger partial charge >= 0.3 is 0 Å². The minimum absolute atomic E-state index is 0.266. The van der Waals surface area contributed by atoms with E-state index in [1.54, 1.807) is 0 Å². The van der Waals surface area contributed by atoms with Crippen molar-refractivity contribution in [2.24, 2.45) is 0 Å². The highest BCUT2D eigenvalue weighted by Crippen LogP contribution is 2.06. The van der Waals surface area contributed by atoms with Crippen molar-refractivity contribution in [1.29, 1.82) is 0 Å². The van der Waals surface area contributed by atoms with E-state index in [9.17, 15) is 0 Å². The highest BCUT2D eigenvalue weighted by Gasteiger charge is 2.20. The standard InChI is InChI=1S/C13H19N3OS/c17-11-10-15-6-8-16(9-7-15)13(18)14-12-4-2-1-3-5-12/h1-5,17H,6-11H2,(H,14,18)/p+1. The molecule has 0 amide bonds. The number of benzene rings is 1. The van der Waals surface area contributed by atoms with Gasteiger partial charge in [-0.1, -0.05) is 18.2 Å². The van der Waals surface area contributed by atoms with Crippen LogP contribution in [-0.4, -0.2) is 54.4 Å². The van der Waals surface area contributed by atoms with Crippen molar-refractivity contribution in [2.75, 3.05) is 44.6 Å². The molecule has 0 aromatic heterocycles. The van der Waals surface area contributed by atoms with Crippen LogP contribution in [-0.2, 0) is 0 Å². The summed E-state index contributed by atoms with van der Waals surface area (Å²) >= 11 is 5.42. The van der Waals surface area contributed by atoms with Gasteiger partial charge in [0.05, 0.1) is 32.8 Å². The molecule has 0 atom stereocenters. The van der Waals surface area contributed by atoms with Gasteiger partial charge in [0.2, 0.25) is 0 Å². The molecule has 1 aliphatic heterocycles. The number of piperazine rings is 1. The van der Waals surface area contributed by atoms with Crippen LogP contribution >= 0.6 is 12.2 Å². The van der Waals surface area contributed by atoms with Gasteiger partial charge in [0.25, 0.3) is 0 Å². The number of rotatable bonds is 3. The molecule has 1 aliphatic rings. The van der Waals surface area contributed by atoms with Gasteiger partial charge in [-0.3, -0.25) is 0 Å². The average molecular weight is 266 g/mol. The Morgan fingerprint density at radius 3 is 2.56 bits per heavy atom. The fourth-order valence-electron chi connectivity index (χ4n) is 2.16. The number of nitrogens with one attached hydrogen (secondary N) is 2. The van der Waals surface area contributed by atoms with Gasteiger partial charge in [-0.25, -0.2) is 0 Å². The topological polar surface area (TPSA) is 39.9 Å². The molecule has 1 heterocycles. The van der Waals surface area contributed by atoms with E-state index in [1.165, 1.54) is 4.90 Å². The third kappa shape index (κ3) is 3.66. The number of hydrogen-bond donors (Lipinski definition) is 3. The summed E-state index contributed by atoms with van der Waals surface area (Å²) in [5.41, 5.74) is 1.03. The van der Waals surface area contributed by atoms with Crippen molar-refractivity contribution in [3.05, 3.63) is 30.3 Å². The zero-order valence-corrected chi connectivity index (χ0v) is 11.2. The van der Waals surface area contributed by atoms with E-state index in [1.807, 2.05) is 30.3 Å². The molecule has 0 bridgehead atoms. The number of hydrogen-bond acceptors (Lipinski definition) is 2. The van der Waals surface area contributed by atoms with Gasteiger partial charge < -0.3 is 20.2 Å². The first-order chi connectivity index (χ1) is 8.79. The second-order valence-corrected chi connectivity index (χ2v) is 4.89. The molecule has 98 valence electrons. The fraction of sp³-hybridized carbons (Fsp3) is 0.462. The van der Waals surface area contributed by atoms with Gasteiger partial charge in [-0.2, -0.15) is 0 Å².